The Bertz CT molecular complexity index is 163. The maximum Gasteiger partial charge on any atom is 0.314 e. The molecule has 0 radical (unpaired) electrons. The SMILES string of the molecule is O=C1CCCSSCCC(=O)O1. The van der Waals surface area contributed by atoms with Crippen molar-refractivity contribution in [2.75, 3.05) is 11.5 Å². The fraction of sp³-hybridized carbons (Fsp3) is 0.714. The molecule has 3 nitrogen and oxygen atoms in total. The predicted octanol–water partition coefficient (Wildman–Crippen LogP) is 1.62. The van der Waals surface area contributed by atoms with E-state index in [0.717, 1.165) is 17.9 Å². The van der Waals surface area contributed by atoms with E-state index in [0.29, 0.717) is 12.8 Å². The van der Waals surface area contributed by atoms with E-state index in [2.05, 4.69) is 4.74 Å². The van der Waals surface area contributed by atoms with Crippen molar-refractivity contribution in [1.82, 2.24) is 0 Å². The minimum atomic E-state index is -0.394. The van der Waals surface area contributed by atoms with Gasteiger partial charge in [-0.15, -0.1) is 0 Å². The Morgan fingerprint density at radius 3 is 2.50 bits per heavy atom. The van der Waals surface area contributed by atoms with Gasteiger partial charge < -0.3 is 4.74 Å². The zero-order valence-corrected chi connectivity index (χ0v) is 8.21. The van der Waals surface area contributed by atoms with E-state index in [1.165, 1.54) is 0 Å². The zero-order valence-electron chi connectivity index (χ0n) is 6.58. The van der Waals surface area contributed by atoms with Crippen molar-refractivity contribution >= 4 is 33.5 Å². The molecule has 1 fully saturated rings. The lowest BCUT2D eigenvalue weighted by Crippen LogP contribution is -2.13. The summed E-state index contributed by atoms with van der Waals surface area (Å²) in [6.45, 7) is 0. The molecule has 0 bridgehead atoms. The van der Waals surface area contributed by atoms with Crippen LogP contribution in [-0.2, 0) is 14.3 Å². The number of esters is 2. The molecular formula is C7H10O3S2. The van der Waals surface area contributed by atoms with Gasteiger partial charge in [0.05, 0.1) is 6.42 Å². The number of hydrogen-bond donors (Lipinski definition) is 0. The molecule has 0 aromatic carbocycles. The van der Waals surface area contributed by atoms with Crippen LogP contribution < -0.4 is 0 Å². The lowest BCUT2D eigenvalue weighted by atomic mass is 10.3. The average Bonchev–Trinajstić information content (AvgIpc) is 2.02. The molecule has 12 heavy (non-hydrogen) atoms. The molecule has 1 heterocycles. The molecule has 0 aromatic heterocycles. The molecule has 0 aliphatic carbocycles. The van der Waals surface area contributed by atoms with E-state index in [1.54, 1.807) is 21.6 Å². The Labute approximate surface area is 79.0 Å². The largest absolute Gasteiger partial charge is 0.393 e. The monoisotopic (exact) mass is 206 g/mol. The van der Waals surface area contributed by atoms with Crippen molar-refractivity contribution in [3.8, 4) is 0 Å². The van der Waals surface area contributed by atoms with Gasteiger partial charge in [0.15, 0.2) is 0 Å². The summed E-state index contributed by atoms with van der Waals surface area (Å²) in [6.07, 6.45) is 1.49. The first kappa shape index (κ1) is 9.92. The molecule has 0 unspecified atom stereocenters. The molecule has 0 saturated carbocycles. The summed E-state index contributed by atoms with van der Waals surface area (Å²) in [4.78, 5) is 21.7. The summed E-state index contributed by atoms with van der Waals surface area (Å²) < 4.78 is 4.53. The van der Waals surface area contributed by atoms with Gasteiger partial charge in [-0.3, -0.25) is 9.59 Å². The van der Waals surface area contributed by atoms with Crippen molar-refractivity contribution in [1.29, 1.82) is 0 Å². The molecule has 1 aliphatic rings. The lowest BCUT2D eigenvalue weighted by molar-refractivity contribution is -0.159. The van der Waals surface area contributed by atoms with Crippen LogP contribution in [-0.4, -0.2) is 23.4 Å². The van der Waals surface area contributed by atoms with Crippen molar-refractivity contribution in [2.45, 2.75) is 19.3 Å². The van der Waals surface area contributed by atoms with Gasteiger partial charge in [0.25, 0.3) is 0 Å². The molecule has 1 aliphatic heterocycles. The smallest absolute Gasteiger partial charge is 0.314 e. The van der Waals surface area contributed by atoms with Crippen LogP contribution in [0.15, 0.2) is 0 Å². The molecule has 1 saturated heterocycles. The Kier molecular flexibility index (Phi) is 4.53. The van der Waals surface area contributed by atoms with Gasteiger partial charge in [-0.1, -0.05) is 21.6 Å². The van der Waals surface area contributed by atoms with E-state index in [9.17, 15) is 9.59 Å². The number of carbonyl (C=O) groups excluding carboxylic acids is 2. The summed E-state index contributed by atoms with van der Waals surface area (Å²) in [5.41, 5.74) is 0. The molecule has 0 aromatic rings. The fourth-order valence-corrected chi connectivity index (χ4v) is 2.81. The maximum absolute atomic E-state index is 10.9. The second kappa shape index (κ2) is 5.48. The third kappa shape index (κ3) is 4.01. The standard InChI is InChI=1S/C7H10O3S2/c8-6-2-1-4-11-12-5-3-7(9)10-6/h1-5H2. The van der Waals surface area contributed by atoms with E-state index in [1.807, 2.05) is 0 Å². The summed E-state index contributed by atoms with van der Waals surface area (Å²) in [7, 11) is 3.37. The predicted molar refractivity (Wildman–Crippen MR) is 49.9 cm³/mol. The Morgan fingerprint density at radius 2 is 1.67 bits per heavy atom. The van der Waals surface area contributed by atoms with E-state index < -0.39 is 5.97 Å². The first-order valence-corrected chi connectivity index (χ1v) is 6.26. The molecule has 5 heteroatoms. The normalized spacial score (nSPS) is 21.7. The Morgan fingerprint density at radius 1 is 1.00 bits per heavy atom. The minimum absolute atomic E-state index is 0.337. The van der Waals surface area contributed by atoms with Crippen LogP contribution in [0.3, 0.4) is 0 Å². The minimum Gasteiger partial charge on any atom is -0.393 e. The maximum atomic E-state index is 10.9. The molecule has 1 rings (SSSR count). The molecule has 0 atom stereocenters. The molecule has 0 N–H and O–H groups in total. The first-order valence-electron chi connectivity index (χ1n) is 3.77. The second-order valence-corrected chi connectivity index (χ2v) is 5.05. The van der Waals surface area contributed by atoms with Crippen LogP contribution in [0.25, 0.3) is 0 Å². The Hall–Kier alpha value is -0.160. The van der Waals surface area contributed by atoms with Crippen LogP contribution >= 0.6 is 21.6 Å². The first-order chi connectivity index (χ1) is 5.79. The van der Waals surface area contributed by atoms with Crippen LogP contribution in [0.2, 0.25) is 0 Å². The summed E-state index contributed by atoms with van der Waals surface area (Å²) in [5.74, 6) is 0.910. The lowest BCUT2D eigenvalue weighted by Gasteiger charge is -2.05. The van der Waals surface area contributed by atoms with Crippen molar-refractivity contribution < 1.29 is 14.3 Å². The van der Waals surface area contributed by atoms with Crippen LogP contribution in [0.4, 0.5) is 0 Å². The van der Waals surface area contributed by atoms with Crippen molar-refractivity contribution in [3.63, 3.8) is 0 Å². The molecule has 68 valence electrons. The van der Waals surface area contributed by atoms with Gasteiger partial charge in [0.2, 0.25) is 0 Å². The zero-order chi connectivity index (χ0) is 8.81. The third-order valence-electron chi connectivity index (χ3n) is 1.31. The molecule has 0 amide bonds. The molecular weight excluding hydrogens is 196 g/mol. The second-order valence-electron chi connectivity index (χ2n) is 2.34. The molecule has 0 spiro atoms. The number of rotatable bonds is 0. The number of ether oxygens (including phenoxy) is 1. The summed E-state index contributed by atoms with van der Waals surface area (Å²) >= 11 is 0. The van der Waals surface area contributed by atoms with Crippen molar-refractivity contribution in [3.05, 3.63) is 0 Å². The van der Waals surface area contributed by atoms with Crippen LogP contribution in [0.1, 0.15) is 19.3 Å². The van der Waals surface area contributed by atoms with Gasteiger partial charge in [-0.25, -0.2) is 0 Å². The highest BCUT2D eigenvalue weighted by Gasteiger charge is 2.11. The van der Waals surface area contributed by atoms with Gasteiger partial charge in [-0.05, 0) is 6.42 Å². The van der Waals surface area contributed by atoms with Crippen LogP contribution in [0, 0.1) is 0 Å². The topological polar surface area (TPSA) is 43.4 Å². The highest BCUT2D eigenvalue weighted by atomic mass is 33.1. The average molecular weight is 206 g/mol. The summed E-state index contributed by atoms with van der Waals surface area (Å²) in [5, 5.41) is 0. The van der Waals surface area contributed by atoms with E-state index in [4.69, 9.17) is 0 Å². The quantitative estimate of drug-likeness (QED) is 0.342. The third-order valence-corrected chi connectivity index (χ3v) is 3.80. The van der Waals surface area contributed by atoms with E-state index >= 15 is 0 Å². The number of carbonyl (C=O) groups is 2. The number of cyclic esters (lactones) is 2. The number of hydrogen-bond acceptors (Lipinski definition) is 5. The highest BCUT2D eigenvalue weighted by Crippen LogP contribution is 2.24. The highest BCUT2D eigenvalue weighted by molar-refractivity contribution is 8.76. The van der Waals surface area contributed by atoms with E-state index in [-0.39, 0.29) is 5.97 Å². The Balaban J connectivity index is 2.34. The van der Waals surface area contributed by atoms with Gasteiger partial charge in [0.1, 0.15) is 0 Å². The fourth-order valence-electron chi connectivity index (χ4n) is 0.747. The summed E-state index contributed by atoms with van der Waals surface area (Å²) in [6, 6.07) is 0. The van der Waals surface area contributed by atoms with Gasteiger partial charge in [0, 0.05) is 17.9 Å². The van der Waals surface area contributed by atoms with Crippen LogP contribution in [0.5, 0.6) is 0 Å². The van der Waals surface area contributed by atoms with Crippen molar-refractivity contribution in [2.24, 2.45) is 0 Å². The van der Waals surface area contributed by atoms with Gasteiger partial charge >= 0.3 is 11.9 Å². The van der Waals surface area contributed by atoms with Gasteiger partial charge in [-0.2, -0.15) is 0 Å².